The van der Waals surface area contributed by atoms with Crippen LogP contribution in [-0.2, 0) is 13.1 Å². The van der Waals surface area contributed by atoms with Crippen molar-refractivity contribution in [3.05, 3.63) is 39.9 Å². The Morgan fingerprint density at radius 1 is 1.29 bits per heavy atom. The molecule has 2 aromatic rings. The summed E-state index contributed by atoms with van der Waals surface area (Å²) in [5.74, 6) is 2.23. The van der Waals surface area contributed by atoms with E-state index in [-0.39, 0.29) is 11.5 Å². The van der Waals surface area contributed by atoms with E-state index >= 15 is 0 Å². The molecule has 3 heterocycles. The van der Waals surface area contributed by atoms with Crippen LogP contribution in [0.1, 0.15) is 50.0 Å². The van der Waals surface area contributed by atoms with Crippen molar-refractivity contribution in [3.63, 3.8) is 0 Å². The number of piperidine rings is 1. The fourth-order valence-electron chi connectivity index (χ4n) is 3.01. The summed E-state index contributed by atoms with van der Waals surface area (Å²) in [6.07, 6.45) is 2.10. The SMILES string of the molecule is Cc1ccc(=O)n(CC2CCN(Cc3nc(C(C)C)no3)CC2)n1. The Balaban J connectivity index is 1.52. The molecule has 1 aliphatic heterocycles. The molecule has 1 fully saturated rings. The van der Waals surface area contributed by atoms with Crippen molar-refractivity contribution in [1.82, 2.24) is 24.8 Å². The smallest absolute Gasteiger partial charge is 0.266 e. The van der Waals surface area contributed by atoms with Crippen molar-refractivity contribution < 1.29 is 4.52 Å². The lowest BCUT2D eigenvalue weighted by Gasteiger charge is -2.30. The molecule has 1 aliphatic rings. The average Bonchev–Trinajstić information content (AvgIpc) is 3.02. The number of aromatic nitrogens is 4. The summed E-state index contributed by atoms with van der Waals surface area (Å²) in [5, 5.41) is 8.34. The second kappa shape index (κ2) is 7.25. The zero-order valence-electron chi connectivity index (χ0n) is 14.6. The maximum atomic E-state index is 11.9. The van der Waals surface area contributed by atoms with Gasteiger partial charge in [0.05, 0.1) is 12.2 Å². The van der Waals surface area contributed by atoms with Crippen molar-refractivity contribution in [3.8, 4) is 0 Å². The first-order chi connectivity index (χ1) is 11.5. The van der Waals surface area contributed by atoms with Crippen molar-refractivity contribution in [2.75, 3.05) is 13.1 Å². The summed E-state index contributed by atoms with van der Waals surface area (Å²) in [6, 6.07) is 3.36. The zero-order chi connectivity index (χ0) is 17.1. The Kier molecular flexibility index (Phi) is 5.08. The number of likely N-dealkylation sites (tertiary alicyclic amines) is 1. The highest BCUT2D eigenvalue weighted by molar-refractivity contribution is 4.97. The Hall–Kier alpha value is -2.02. The topological polar surface area (TPSA) is 77.0 Å². The molecule has 0 atom stereocenters. The van der Waals surface area contributed by atoms with Crippen LogP contribution in [0.15, 0.2) is 21.5 Å². The highest BCUT2D eigenvalue weighted by Gasteiger charge is 2.22. The van der Waals surface area contributed by atoms with Gasteiger partial charge in [-0.3, -0.25) is 9.69 Å². The Morgan fingerprint density at radius 2 is 2.04 bits per heavy atom. The van der Waals surface area contributed by atoms with Crippen LogP contribution in [0.3, 0.4) is 0 Å². The van der Waals surface area contributed by atoms with E-state index in [4.69, 9.17) is 4.52 Å². The van der Waals surface area contributed by atoms with Gasteiger partial charge in [0.15, 0.2) is 5.82 Å². The average molecular weight is 331 g/mol. The highest BCUT2D eigenvalue weighted by atomic mass is 16.5. The third-order valence-corrected chi connectivity index (χ3v) is 4.50. The number of nitrogens with zero attached hydrogens (tertiary/aromatic N) is 5. The molecular weight excluding hydrogens is 306 g/mol. The van der Waals surface area contributed by atoms with Crippen LogP contribution in [0.25, 0.3) is 0 Å². The van der Waals surface area contributed by atoms with E-state index < -0.39 is 0 Å². The van der Waals surface area contributed by atoms with Gasteiger partial charge in [0.25, 0.3) is 5.56 Å². The molecule has 2 aromatic heterocycles. The van der Waals surface area contributed by atoms with Crippen molar-refractivity contribution in [1.29, 1.82) is 0 Å². The van der Waals surface area contributed by atoms with Crippen molar-refractivity contribution in [2.24, 2.45) is 5.92 Å². The second-order valence-corrected chi connectivity index (χ2v) is 6.92. The zero-order valence-corrected chi connectivity index (χ0v) is 14.6. The minimum Gasteiger partial charge on any atom is -0.338 e. The number of aryl methyl sites for hydroxylation is 1. The van der Waals surface area contributed by atoms with Crippen LogP contribution in [0.4, 0.5) is 0 Å². The number of rotatable bonds is 5. The molecule has 0 spiro atoms. The summed E-state index contributed by atoms with van der Waals surface area (Å²) < 4.78 is 6.92. The summed E-state index contributed by atoms with van der Waals surface area (Å²) >= 11 is 0. The van der Waals surface area contributed by atoms with Gasteiger partial charge in [-0.25, -0.2) is 4.68 Å². The van der Waals surface area contributed by atoms with Gasteiger partial charge in [-0.05, 0) is 44.8 Å². The van der Waals surface area contributed by atoms with Crippen LogP contribution < -0.4 is 5.56 Å². The fraction of sp³-hybridized carbons (Fsp3) is 0.647. The number of hydrogen-bond donors (Lipinski definition) is 0. The predicted octanol–water partition coefficient (Wildman–Crippen LogP) is 1.97. The van der Waals surface area contributed by atoms with Crippen LogP contribution in [0, 0.1) is 12.8 Å². The fourth-order valence-corrected chi connectivity index (χ4v) is 3.01. The molecule has 0 N–H and O–H groups in total. The largest absolute Gasteiger partial charge is 0.338 e. The normalized spacial score (nSPS) is 16.8. The summed E-state index contributed by atoms with van der Waals surface area (Å²) in [7, 11) is 0. The van der Waals surface area contributed by atoms with Gasteiger partial charge in [0, 0.05) is 18.5 Å². The molecule has 24 heavy (non-hydrogen) atoms. The van der Waals surface area contributed by atoms with E-state index in [9.17, 15) is 4.79 Å². The van der Waals surface area contributed by atoms with Crippen molar-refractivity contribution in [2.45, 2.75) is 52.6 Å². The molecule has 0 radical (unpaired) electrons. The molecule has 0 amide bonds. The lowest BCUT2D eigenvalue weighted by atomic mass is 9.97. The molecule has 0 aliphatic carbocycles. The quantitative estimate of drug-likeness (QED) is 0.833. The van der Waals surface area contributed by atoms with E-state index in [1.807, 2.05) is 6.92 Å². The molecule has 3 rings (SSSR count). The molecule has 0 aromatic carbocycles. The van der Waals surface area contributed by atoms with E-state index in [2.05, 4.69) is 34.0 Å². The third kappa shape index (κ3) is 4.08. The molecule has 1 saturated heterocycles. The highest BCUT2D eigenvalue weighted by Crippen LogP contribution is 2.20. The van der Waals surface area contributed by atoms with Crippen LogP contribution in [-0.4, -0.2) is 37.9 Å². The molecule has 7 heteroatoms. The maximum absolute atomic E-state index is 11.9. The van der Waals surface area contributed by atoms with Gasteiger partial charge in [-0.1, -0.05) is 19.0 Å². The molecule has 7 nitrogen and oxygen atoms in total. The van der Waals surface area contributed by atoms with Crippen LogP contribution >= 0.6 is 0 Å². The van der Waals surface area contributed by atoms with Gasteiger partial charge in [0.1, 0.15) is 0 Å². The lowest BCUT2D eigenvalue weighted by Crippen LogP contribution is -2.36. The van der Waals surface area contributed by atoms with Crippen LogP contribution in [0.5, 0.6) is 0 Å². The van der Waals surface area contributed by atoms with Gasteiger partial charge in [-0.15, -0.1) is 0 Å². The maximum Gasteiger partial charge on any atom is 0.266 e. The van der Waals surface area contributed by atoms with Crippen LogP contribution in [0.2, 0.25) is 0 Å². The van der Waals surface area contributed by atoms with E-state index in [1.165, 1.54) is 0 Å². The molecule has 0 bridgehead atoms. The Bertz CT molecular complexity index is 729. The minimum atomic E-state index is -0.0184. The van der Waals surface area contributed by atoms with E-state index in [1.54, 1.807) is 16.8 Å². The summed E-state index contributed by atoms with van der Waals surface area (Å²) in [4.78, 5) is 18.6. The standard InChI is InChI=1S/C17H25N5O2/c1-12(2)17-18-15(24-20-17)11-21-8-6-14(7-9-21)10-22-16(23)5-4-13(3)19-22/h4-5,12,14H,6-11H2,1-3H3. The molecule has 130 valence electrons. The van der Waals surface area contributed by atoms with Crippen molar-refractivity contribution >= 4 is 0 Å². The lowest BCUT2D eigenvalue weighted by molar-refractivity contribution is 0.148. The van der Waals surface area contributed by atoms with E-state index in [0.29, 0.717) is 24.9 Å². The monoisotopic (exact) mass is 331 g/mol. The van der Waals surface area contributed by atoms with Gasteiger partial charge < -0.3 is 4.52 Å². The predicted molar refractivity (Wildman–Crippen MR) is 89.6 cm³/mol. The summed E-state index contributed by atoms with van der Waals surface area (Å²) in [6.45, 7) is 9.38. The first-order valence-corrected chi connectivity index (χ1v) is 8.61. The Labute approximate surface area is 141 Å². The van der Waals surface area contributed by atoms with E-state index in [0.717, 1.165) is 37.4 Å². The second-order valence-electron chi connectivity index (χ2n) is 6.92. The molecular formula is C17H25N5O2. The molecule has 0 unspecified atom stereocenters. The van der Waals surface area contributed by atoms with Gasteiger partial charge >= 0.3 is 0 Å². The first-order valence-electron chi connectivity index (χ1n) is 8.61. The minimum absolute atomic E-state index is 0.0184. The van der Waals surface area contributed by atoms with Gasteiger partial charge in [0.2, 0.25) is 5.89 Å². The van der Waals surface area contributed by atoms with Gasteiger partial charge in [-0.2, -0.15) is 10.1 Å². The number of hydrogen-bond acceptors (Lipinski definition) is 6. The Morgan fingerprint density at radius 3 is 2.71 bits per heavy atom. The summed E-state index contributed by atoms with van der Waals surface area (Å²) in [5.41, 5.74) is 0.861. The third-order valence-electron chi connectivity index (χ3n) is 4.50. The molecule has 0 saturated carbocycles. The first kappa shape index (κ1) is 16.8.